The smallest absolute Gasteiger partial charge is 0.377 e. The Balaban J connectivity index is 2.10. The van der Waals surface area contributed by atoms with E-state index >= 15 is 0 Å². The number of aliphatic carboxylic acids is 1. The molecule has 3 aromatic rings. The molecule has 3 rings (SSSR count). The molecule has 0 aliphatic carbocycles. The van der Waals surface area contributed by atoms with Gasteiger partial charge in [-0.2, -0.15) is 0 Å². The van der Waals surface area contributed by atoms with Crippen molar-refractivity contribution in [1.82, 2.24) is 4.98 Å². The van der Waals surface area contributed by atoms with Crippen LogP contribution in [0.15, 0.2) is 60.7 Å². The predicted molar refractivity (Wildman–Crippen MR) is 95.4 cm³/mol. The third-order valence-electron chi connectivity index (χ3n) is 3.73. The number of hydrogen-bond acceptors (Lipinski definition) is 5. The van der Waals surface area contributed by atoms with Crippen molar-refractivity contribution in [2.24, 2.45) is 0 Å². The van der Waals surface area contributed by atoms with Gasteiger partial charge in [0.15, 0.2) is 0 Å². The summed E-state index contributed by atoms with van der Waals surface area (Å²) in [5.74, 6) is -2.71. The van der Waals surface area contributed by atoms with Gasteiger partial charge < -0.3 is 5.11 Å². The maximum Gasteiger partial charge on any atom is 0.377 e. The van der Waals surface area contributed by atoms with Crippen LogP contribution in [-0.4, -0.2) is 26.8 Å². The summed E-state index contributed by atoms with van der Waals surface area (Å²) < 4.78 is 0. The first-order valence-electron chi connectivity index (χ1n) is 7.55. The fraction of sp³-hybridized carbons (Fsp3) is 0. The molecule has 128 valence electrons. The number of para-hydroxylation sites is 1. The first kappa shape index (κ1) is 17.0. The third kappa shape index (κ3) is 3.46. The average molecular weight is 348 g/mol. The minimum absolute atomic E-state index is 0.0999. The van der Waals surface area contributed by atoms with Gasteiger partial charge in [0.25, 0.3) is 11.5 Å². The SMILES string of the molecule is O=C(O)C(=O)C(=Cc1ccc([N+](=O)[O-])cc1)c1ccc2ccccc2n1. The number of carbonyl (C=O) groups is 2. The van der Waals surface area contributed by atoms with Crippen molar-refractivity contribution in [1.29, 1.82) is 0 Å². The largest absolute Gasteiger partial charge is 0.475 e. The summed E-state index contributed by atoms with van der Waals surface area (Å²) in [6.45, 7) is 0. The molecule has 0 unspecified atom stereocenters. The highest BCUT2D eigenvalue weighted by molar-refractivity contribution is 6.52. The fourth-order valence-electron chi connectivity index (χ4n) is 2.45. The molecule has 7 heteroatoms. The molecule has 7 nitrogen and oxygen atoms in total. The minimum atomic E-state index is -1.60. The van der Waals surface area contributed by atoms with Crippen LogP contribution >= 0.6 is 0 Å². The number of nitro benzene ring substituents is 1. The van der Waals surface area contributed by atoms with Crippen LogP contribution in [0.4, 0.5) is 5.69 Å². The minimum Gasteiger partial charge on any atom is -0.475 e. The van der Waals surface area contributed by atoms with Crippen molar-refractivity contribution >= 4 is 40.0 Å². The van der Waals surface area contributed by atoms with Crippen molar-refractivity contribution in [2.75, 3.05) is 0 Å². The highest BCUT2D eigenvalue weighted by atomic mass is 16.6. The lowest BCUT2D eigenvalue weighted by atomic mass is 10.0. The normalized spacial score (nSPS) is 11.3. The Morgan fingerprint density at radius 2 is 1.69 bits per heavy atom. The van der Waals surface area contributed by atoms with Crippen molar-refractivity contribution in [2.45, 2.75) is 0 Å². The number of rotatable bonds is 5. The van der Waals surface area contributed by atoms with Gasteiger partial charge in [0, 0.05) is 17.5 Å². The highest BCUT2D eigenvalue weighted by Gasteiger charge is 2.21. The quantitative estimate of drug-likeness (QED) is 0.328. The number of nitro groups is 1. The highest BCUT2D eigenvalue weighted by Crippen LogP contribution is 2.22. The second-order valence-electron chi connectivity index (χ2n) is 5.43. The summed E-state index contributed by atoms with van der Waals surface area (Å²) in [6, 6.07) is 16.0. The van der Waals surface area contributed by atoms with E-state index in [0.29, 0.717) is 11.1 Å². The Bertz CT molecular complexity index is 1050. The van der Waals surface area contributed by atoms with Crippen LogP contribution in [0.1, 0.15) is 11.3 Å². The number of non-ortho nitro benzene ring substituents is 1. The number of aromatic nitrogens is 1. The number of benzene rings is 2. The zero-order chi connectivity index (χ0) is 18.7. The van der Waals surface area contributed by atoms with Gasteiger partial charge in [-0.1, -0.05) is 24.3 Å². The molecule has 0 bridgehead atoms. The number of pyridine rings is 1. The van der Waals surface area contributed by atoms with Gasteiger partial charge in [-0.3, -0.25) is 14.9 Å². The molecule has 0 saturated heterocycles. The second-order valence-corrected chi connectivity index (χ2v) is 5.43. The van der Waals surface area contributed by atoms with E-state index in [1.165, 1.54) is 30.3 Å². The van der Waals surface area contributed by atoms with Crippen molar-refractivity contribution in [3.8, 4) is 0 Å². The number of fused-ring (bicyclic) bond motifs is 1. The molecule has 26 heavy (non-hydrogen) atoms. The van der Waals surface area contributed by atoms with Crippen molar-refractivity contribution < 1.29 is 19.6 Å². The molecular formula is C19H12N2O5. The zero-order valence-electron chi connectivity index (χ0n) is 13.3. The summed E-state index contributed by atoms with van der Waals surface area (Å²) in [7, 11) is 0. The van der Waals surface area contributed by atoms with Gasteiger partial charge in [-0.25, -0.2) is 9.78 Å². The number of carbonyl (C=O) groups excluding carboxylic acids is 1. The number of nitrogens with zero attached hydrogens (tertiary/aromatic N) is 2. The fourth-order valence-corrected chi connectivity index (χ4v) is 2.45. The Labute approximate surface area is 147 Å². The number of carboxylic acid groups (broad SMARTS) is 1. The number of Topliss-reactive ketones (excluding diaryl/α,β-unsaturated/α-hetero) is 1. The molecule has 0 amide bonds. The summed E-state index contributed by atoms with van der Waals surface area (Å²) in [5.41, 5.74) is 1.09. The van der Waals surface area contributed by atoms with Crippen LogP contribution in [0, 0.1) is 10.1 Å². The lowest BCUT2D eigenvalue weighted by Gasteiger charge is -2.06. The molecule has 2 aromatic carbocycles. The van der Waals surface area contributed by atoms with Crippen LogP contribution in [0.2, 0.25) is 0 Å². The molecule has 1 aromatic heterocycles. The number of hydrogen-bond donors (Lipinski definition) is 1. The van der Waals surface area contributed by atoms with E-state index in [0.717, 1.165) is 5.39 Å². The molecule has 0 aliphatic heterocycles. The summed E-state index contributed by atoms with van der Waals surface area (Å²) in [4.78, 5) is 37.9. The van der Waals surface area contributed by atoms with Crippen molar-refractivity contribution in [3.05, 3.63) is 82.0 Å². The first-order chi connectivity index (χ1) is 12.5. The van der Waals surface area contributed by atoms with Crippen LogP contribution in [0.3, 0.4) is 0 Å². The predicted octanol–water partition coefficient (Wildman–Crippen LogP) is 3.34. The van der Waals surface area contributed by atoms with Gasteiger partial charge in [0.05, 0.1) is 21.7 Å². The molecule has 1 heterocycles. The zero-order valence-corrected chi connectivity index (χ0v) is 13.3. The Hall–Kier alpha value is -3.87. The molecule has 0 spiro atoms. The average Bonchev–Trinajstić information content (AvgIpc) is 2.65. The summed E-state index contributed by atoms with van der Waals surface area (Å²) in [5, 5.41) is 20.7. The standard InChI is InChI=1S/C19H12N2O5/c22-18(19(23)24)15(11-12-5-8-14(9-6-12)21(25)26)17-10-7-13-3-1-2-4-16(13)20-17/h1-11H,(H,23,24). The van der Waals surface area contributed by atoms with Gasteiger partial charge in [0.2, 0.25) is 0 Å². The van der Waals surface area contributed by atoms with E-state index in [2.05, 4.69) is 4.98 Å². The lowest BCUT2D eigenvalue weighted by molar-refractivity contribution is -0.384. The van der Waals surface area contributed by atoms with Crippen molar-refractivity contribution in [3.63, 3.8) is 0 Å². The Morgan fingerprint density at radius 3 is 2.35 bits per heavy atom. The van der Waals surface area contributed by atoms with Crippen LogP contribution in [0.25, 0.3) is 22.6 Å². The Morgan fingerprint density at radius 1 is 1.00 bits per heavy atom. The molecule has 0 saturated carbocycles. The van der Waals surface area contributed by atoms with Crippen LogP contribution < -0.4 is 0 Å². The Kier molecular flexibility index (Phi) is 4.53. The summed E-state index contributed by atoms with van der Waals surface area (Å²) in [6.07, 6.45) is 1.36. The molecular weight excluding hydrogens is 336 g/mol. The van der Waals surface area contributed by atoms with E-state index in [1.54, 1.807) is 24.3 Å². The molecule has 0 atom stereocenters. The first-order valence-corrected chi connectivity index (χ1v) is 7.55. The van der Waals surface area contributed by atoms with Gasteiger partial charge in [-0.15, -0.1) is 0 Å². The molecule has 0 radical (unpaired) electrons. The van der Waals surface area contributed by atoms with E-state index in [9.17, 15) is 19.7 Å². The second kappa shape index (κ2) is 6.94. The number of carboxylic acids is 1. The number of ketones is 1. The molecule has 0 fully saturated rings. The van der Waals surface area contributed by atoms with Gasteiger partial charge in [-0.05, 0) is 35.9 Å². The summed E-state index contributed by atoms with van der Waals surface area (Å²) >= 11 is 0. The molecule has 0 aliphatic rings. The maximum absolute atomic E-state index is 12.1. The van der Waals surface area contributed by atoms with E-state index in [4.69, 9.17) is 5.11 Å². The molecule has 1 N–H and O–H groups in total. The third-order valence-corrected chi connectivity index (χ3v) is 3.73. The topological polar surface area (TPSA) is 110 Å². The van der Waals surface area contributed by atoms with E-state index in [1.807, 2.05) is 12.1 Å². The monoisotopic (exact) mass is 348 g/mol. The van der Waals surface area contributed by atoms with Gasteiger partial charge >= 0.3 is 5.97 Å². The van der Waals surface area contributed by atoms with E-state index < -0.39 is 16.7 Å². The van der Waals surface area contributed by atoms with Crippen LogP contribution in [-0.2, 0) is 9.59 Å². The van der Waals surface area contributed by atoms with Crippen LogP contribution in [0.5, 0.6) is 0 Å². The van der Waals surface area contributed by atoms with Gasteiger partial charge in [0.1, 0.15) is 0 Å². The van der Waals surface area contributed by atoms with E-state index in [-0.39, 0.29) is 17.0 Å². The maximum atomic E-state index is 12.1. The lowest BCUT2D eigenvalue weighted by Crippen LogP contribution is -2.15.